The number of alkyl halides is 3. The number of aromatic nitrogens is 3. The van der Waals surface area contributed by atoms with Crippen LogP contribution in [0.25, 0.3) is 11.2 Å². The number of hydrogen-bond acceptors (Lipinski definition) is 5. The van der Waals surface area contributed by atoms with Gasteiger partial charge in [0.1, 0.15) is 11.3 Å². The van der Waals surface area contributed by atoms with E-state index in [1.165, 1.54) is 25.0 Å². The molecule has 0 saturated heterocycles. The standard InChI is InChI=1S/C27H32BF3N6O/c1-17-22(36-26(38)35-21-13-7-8-18(14-21)27(29,30)31)15-23-25(33-17)37-24(16-32-23)34-20-11-4-2-3-9-19(28)10-5-6-12-20/h7-8,13-16,19-20H,2-6,9-12H2,1H3,(H,33,34,37)(H2,35,36,38). The van der Waals surface area contributed by atoms with Gasteiger partial charge < -0.3 is 16.0 Å². The number of nitrogens with one attached hydrogen (secondary N) is 3. The summed E-state index contributed by atoms with van der Waals surface area (Å²) in [7, 11) is 6.19. The highest BCUT2D eigenvalue weighted by Crippen LogP contribution is 2.31. The molecule has 4 rings (SSSR count). The number of anilines is 3. The summed E-state index contributed by atoms with van der Waals surface area (Å²) in [5, 5.41) is 8.59. The first-order valence-corrected chi connectivity index (χ1v) is 13.1. The lowest BCUT2D eigenvalue weighted by Crippen LogP contribution is -2.21. The Kier molecular flexibility index (Phi) is 9.07. The average Bonchev–Trinajstić information content (AvgIpc) is 2.90. The molecule has 1 fully saturated rings. The van der Waals surface area contributed by atoms with Crippen molar-refractivity contribution in [3.05, 3.63) is 47.8 Å². The molecule has 2 heterocycles. The number of benzene rings is 1. The molecule has 0 aliphatic heterocycles. The molecule has 11 heteroatoms. The van der Waals surface area contributed by atoms with Gasteiger partial charge in [-0.2, -0.15) is 13.2 Å². The highest BCUT2D eigenvalue weighted by molar-refractivity contribution is 6.11. The highest BCUT2D eigenvalue weighted by Gasteiger charge is 2.30. The van der Waals surface area contributed by atoms with Crippen LogP contribution in [0.15, 0.2) is 36.5 Å². The lowest BCUT2D eigenvalue weighted by Gasteiger charge is -2.19. The van der Waals surface area contributed by atoms with E-state index >= 15 is 0 Å². The minimum atomic E-state index is -4.50. The summed E-state index contributed by atoms with van der Waals surface area (Å²) in [6.45, 7) is 1.72. The summed E-state index contributed by atoms with van der Waals surface area (Å²) in [6.07, 6.45) is 7.15. The Balaban J connectivity index is 1.41. The Morgan fingerprint density at radius 2 is 1.68 bits per heavy atom. The fourth-order valence-electron chi connectivity index (χ4n) is 4.70. The van der Waals surface area contributed by atoms with E-state index in [4.69, 9.17) is 7.85 Å². The van der Waals surface area contributed by atoms with Crippen LogP contribution in [0.2, 0.25) is 5.82 Å². The number of carbonyl (C=O) groups is 1. The molecule has 7 nitrogen and oxygen atoms in total. The summed E-state index contributed by atoms with van der Waals surface area (Å²) in [5.74, 6) is 0.968. The van der Waals surface area contributed by atoms with Gasteiger partial charge in [-0.15, -0.1) is 0 Å². The number of carbonyl (C=O) groups excluding carboxylic acids is 1. The number of nitrogens with zero attached hydrogens (tertiary/aromatic N) is 3. The van der Waals surface area contributed by atoms with Crippen molar-refractivity contribution in [3.8, 4) is 0 Å². The van der Waals surface area contributed by atoms with Crippen molar-refractivity contribution in [3.63, 3.8) is 0 Å². The van der Waals surface area contributed by atoms with Crippen LogP contribution < -0.4 is 16.0 Å². The van der Waals surface area contributed by atoms with E-state index in [1.54, 1.807) is 19.2 Å². The second-order valence-corrected chi connectivity index (χ2v) is 9.90. The first-order chi connectivity index (χ1) is 18.2. The Bertz CT molecular complexity index is 1260. The maximum Gasteiger partial charge on any atom is 0.416 e. The third kappa shape index (κ3) is 7.82. The zero-order valence-corrected chi connectivity index (χ0v) is 21.4. The van der Waals surface area contributed by atoms with Gasteiger partial charge in [0.05, 0.1) is 31.0 Å². The summed E-state index contributed by atoms with van der Waals surface area (Å²) >= 11 is 0. The van der Waals surface area contributed by atoms with E-state index in [2.05, 4.69) is 30.9 Å². The van der Waals surface area contributed by atoms with Crippen LogP contribution >= 0.6 is 0 Å². The molecule has 0 bridgehead atoms. The van der Waals surface area contributed by atoms with E-state index in [0.717, 1.165) is 57.1 Å². The molecule has 38 heavy (non-hydrogen) atoms. The number of amides is 2. The van der Waals surface area contributed by atoms with Gasteiger partial charge in [-0.1, -0.05) is 56.8 Å². The number of aryl methyl sites for hydroxylation is 1. The van der Waals surface area contributed by atoms with Crippen LogP contribution in [-0.2, 0) is 6.18 Å². The first-order valence-electron chi connectivity index (χ1n) is 13.1. The van der Waals surface area contributed by atoms with Gasteiger partial charge in [-0.25, -0.2) is 19.7 Å². The maximum absolute atomic E-state index is 12.9. The number of halogens is 3. The van der Waals surface area contributed by atoms with Crippen LogP contribution in [0, 0.1) is 6.92 Å². The number of hydrogen-bond donors (Lipinski definition) is 3. The molecule has 1 aliphatic rings. The molecule has 3 N–H and O–H groups in total. The molecule has 2 amide bonds. The molecule has 1 saturated carbocycles. The van der Waals surface area contributed by atoms with Gasteiger partial charge in [0, 0.05) is 11.7 Å². The highest BCUT2D eigenvalue weighted by atomic mass is 19.4. The number of rotatable bonds is 4. The van der Waals surface area contributed by atoms with Crippen molar-refractivity contribution in [1.29, 1.82) is 0 Å². The zero-order valence-electron chi connectivity index (χ0n) is 21.4. The lowest BCUT2D eigenvalue weighted by molar-refractivity contribution is -0.137. The molecule has 2 atom stereocenters. The summed E-state index contributed by atoms with van der Waals surface area (Å²) in [6, 6.07) is 5.70. The number of urea groups is 1. The lowest BCUT2D eigenvalue weighted by atomic mass is 9.79. The topological polar surface area (TPSA) is 91.8 Å². The molecule has 0 spiro atoms. The van der Waals surface area contributed by atoms with E-state index in [-0.39, 0.29) is 5.69 Å². The average molecular weight is 524 g/mol. The summed E-state index contributed by atoms with van der Waals surface area (Å²) < 4.78 is 38.8. The SMILES string of the molecule is [B]C1CCCCCC(Nc2cnc3cc(NC(=O)Nc4cccc(C(F)(F)F)c4)c(C)nc3n2)CCCC1. The van der Waals surface area contributed by atoms with Crippen LogP contribution in [0.5, 0.6) is 0 Å². The van der Waals surface area contributed by atoms with E-state index < -0.39 is 17.8 Å². The normalized spacial score (nSPS) is 19.4. The molecule has 2 radical (unpaired) electrons. The zero-order chi connectivity index (χ0) is 27.1. The third-order valence-corrected chi connectivity index (χ3v) is 6.78. The third-order valence-electron chi connectivity index (χ3n) is 6.78. The molecule has 2 aromatic heterocycles. The molecule has 2 unspecified atom stereocenters. The van der Waals surface area contributed by atoms with Crippen molar-refractivity contribution in [2.24, 2.45) is 0 Å². The van der Waals surface area contributed by atoms with Crippen molar-refractivity contribution >= 4 is 42.2 Å². The number of pyridine rings is 1. The predicted molar refractivity (Wildman–Crippen MR) is 145 cm³/mol. The van der Waals surface area contributed by atoms with Crippen LogP contribution in [0.3, 0.4) is 0 Å². The van der Waals surface area contributed by atoms with Gasteiger partial charge in [0.2, 0.25) is 0 Å². The molecule has 1 aliphatic carbocycles. The number of fused-ring (bicyclic) bond motifs is 1. The Labute approximate surface area is 221 Å². The minimum absolute atomic E-state index is 0.0262. The van der Waals surface area contributed by atoms with Gasteiger partial charge in [0.25, 0.3) is 0 Å². The molecular formula is C27H32BF3N6O. The quantitative estimate of drug-likeness (QED) is 0.313. The minimum Gasteiger partial charge on any atom is -0.366 e. The molecule has 3 aromatic rings. The van der Waals surface area contributed by atoms with E-state index in [1.807, 2.05) is 0 Å². The van der Waals surface area contributed by atoms with Crippen LogP contribution in [0.4, 0.5) is 35.2 Å². The van der Waals surface area contributed by atoms with Gasteiger partial charge >= 0.3 is 12.2 Å². The second kappa shape index (κ2) is 12.5. The predicted octanol–water partition coefficient (Wildman–Crippen LogP) is 7.26. The summed E-state index contributed by atoms with van der Waals surface area (Å²) in [5.41, 5.74) is 1.01. The molecular weight excluding hydrogens is 492 g/mol. The molecule has 200 valence electrons. The van der Waals surface area contributed by atoms with Crippen molar-refractivity contribution < 1.29 is 18.0 Å². The van der Waals surface area contributed by atoms with Gasteiger partial charge in [-0.3, -0.25) is 0 Å². The maximum atomic E-state index is 12.9. The van der Waals surface area contributed by atoms with E-state index in [9.17, 15) is 18.0 Å². The summed E-state index contributed by atoms with van der Waals surface area (Å²) in [4.78, 5) is 26.1. The Morgan fingerprint density at radius 3 is 2.45 bits per heavy atom. The Hall–Kier alpha value is -3.37. The first kappa shape index (κ1) is 27.7. The van der Waals surface area contributed by atoms with Gasteiger partial charge in [0.15, 0.2) is 5.65 Å². The van der Waals surface area contributed by atoms with Crippen molar-refractivity contribution in [1.82, 2.24) is 15.0 Å². The second-order valence-electron chi connectivity index (χ2n) is 9.90. The Morgan fingerprint density at radius 1 is 0.974 bits per heavy atom. The largest absolute Gasteiger partial charge is 0.416 e. The van der Waals surface area contributed by atoms with Gasteiger partial charge in [-0.05, 0) is 44.0 Å². The molecule has 1 aromatic carbocycles. The van der Waals surface area contributed by atoms with Crippen LogP contribution in [0.1, 0.15) is 69.0 Å². The monoisotopic (exact) mass is 524 g/mol. The van der Waals surface area contributed by atoms with Crippen LogP contribution in [-0.4, -0.2) is 34.9 Å². The van der Waals surface area contributed by atoms with Crippen molar-refractivity contribution in [2.75, 3.05) is 16.0 Å². The fraction of sp³-hybridized carbons (Fsp3) is 0.481. The smallest absolute Gasteiger partial charge is 0.366 e. The fourth-order valence-corrected chi connectivity index (χ4v) is 4.70. The van der Waals surface area contributed by atoms with Crippen molar-refractivity contribution in [2.45, 2.75) is 82.7 Å². The van der Waals surface area contributed by atoms with E-state index in [0.29, 0.717) is 40.2 Å².